The molecule has 3 rings (SSSR count). The van der Waals surface area contributed by atoms with Crippen LogP contribution < -0.4 is 16.2 Å². The third-order valence-corrected chi connectivity index (χ3v) is 5.29. The zero-order valence-electron chi connectivity index (χ0n) is 15.8. The van der Waals surface area contributed by atoms with E-state index in [4.69, 9.17) is 5.26 Å². The van der Waals surface area contributed by atoms with Crippen LogP contribution in [0.25, 0.3) is 10.9 Å². The molecule has 1 saturated heterocycles. The number of nitroso groups, excluding NO2 is 1. The zero-order valence-corrected chi connectivity index (χ0v) is 15.8. The summed E-state index contributed by atoms with van der Waals surface area (Å²) in [6, 6.07) is 4.18. The summed E-state index contributed by atoms with van der Waals surface area (Å²) in [5, 5.41) is 14.8. The second-order valence-electron chi connectivity index (χ2n) is 7.21. The van der Waals surface area contributed by atoms with E-state index in [9.17, 15) is 23.3 Å². The lowest BCUT2D eigenvalue weighted by molar-refractivity contribution is -0.627. The van der Waals surface area contributed by atoms with Gasteiger partial charge in [0.25, 0.3) is 5.56 Å². The van der Waals surface area contributed by atoms with Crippen molar-refractivity contribution in [3.8, 4) is 6.07 Å². The number of aromatic amines is 1. The van der Waals surface area contributed by atoms with Crippen LogP contribution in [0.2, 0.25) is 0 Å². The van der Waals surface area contributed by atoms with Crippen LogP contribution in [0.15, 0.2) is 23.0 Å². The monoisotopic (exact) mass is 404 g/mol. The Labute approximate surface area is 164 Å². The number of aromatic nitrogens is 1. The van der Waals surface area contributed by atoms with Crippen LogP contribution in [0.3, 0.4) is 0 Å². The molecule has 4 atom stereocenters. The van der Waals surface area contributed by atoms with Crippen LogP contribution in [0, 0.1) is 33.8 Å². The Morgan fingerprint density at radius 3 is 2.76 bits per heavy atom. The number of benzene rings is 1. The van der Waals surface area contributed by atoms with Gasteiger partial charge in [0.1, 0.15) is 0 Å². The number of hydrogen-bond donors (Lipinski definition) is 3. The number of amides is 1. The van der Waals surface area contributed by atoms with Crippen LogP contribution in [0.1, 0.15) is 19.4 Å². The molecule has 0 radical (unpaired) electrons. The SMILES string of the molecule is CC1C([C@@H](C)NC(=O)Cc2cc3cc(F)c(F)cc3[nH]c2=O)CNC(C#N)[N+]1=O. The summed E-state index contributed by atoms with van der Waals surface area (Å²) in [4.78, 5) is 39.1. The van der Waals surface area contributed by atoms with E-state index >= 15 is 0 Å². The highest BCUT2D eigenvalue weighted by molar-refractivity contribution is 5.82. The number of fused-ring (bicyclic) bond motifs is 1. The van der Waals surface area contributed by atoms with E-state index in [0.717, 1.165) is 12.1 Å². The minimum absolute atomic E-state index is 0.109. The maximum atomic E-state index is 13.4. The number of hydrogen-bond acceptors (Lipinski definition) is 5. The molecule has 1 amide bonds. The molecule has 1 aromatic heterocycles. The predicted molar refractivity (Wildman–Crippen MR) is 99.8 cm³/mol. The van der Waals surface area contributed by atoms with Gasteiger partial charge < -0.3 is 10.3 Å². The van der Waals surface area contributed by atoms with Crippen molar-refractivity contribution >= 4 is 16.8 Å². The Bertz CT molecular complexity index is 1080. The van der Waals surface area contributed by atoms with Crippen LogP contribution in [0.5, 0.6) is 0 Å². The van der Waals surface area contributed by atoms with Gasteiger partial charge in [-0.15, -0.1) is 0 Å². The topological polar surface area (TPSA) is 118 Å². The Morgan fingerprint density at radius 2 is 2.07 bits per heavy atom. The van der Waals surface area contributed by atoms with Gasteiger partial charge in [0.15, 0.2) is 17.7 Å². The lowest BCUT2D eigenvalue weighted by Gasteiger charge is -2.30. The van der Waals surface area contributed by atoms with Crippen molar-refractivity contribution in [2.75, 3.05) is 6.54 Å². The van der Waals surface area contributed by atoms with E-state index in [1.807, 2.05) is 6.07 Å². The van der Waals surface area contributed by atoms with Gasteiger partial charge in [0, 0.05) is 46.2 Å². The average Bonchev–Trinajstić information content (AvgIpc) is 2.66. The maximum Gasteiger partial charge on any atom is 0.341 e. The first-order valence-corrected chi connectivity index (χ1v) is 9.10. The van der Waals surface area contributed by atoms with E-state index < -0.39 is 41.4 Å². The molecule has 3 unspecified atom stereocenters. The number of carbonyl (C=O) groups is 1. The van der Waals surface area contributed by atoms with Gasteiger partial charge in [-0.25, -0.2) is 14.1 Å². The van der Waals surface area contributed by atoms with Crippen molar-refractivity contribution in [2.24, 2.45) is 5.92 Å². The fraction of sp³-hybridized carbons (Fsp3) is 0.421. The first kappa shape index (κ1) is 20.5. The zero-order chi connectivity index (χ0) is 21.3. The third-order valence-electron chi connectivity index (χ3n) is 5.29. The highest BCUT2D eigenvalue weighted by atomic mass is 19.2. The van der Waals surface area contributed by atoms with Crippen molar-refractivity contribution in [1.29, 1.82) is 5.26 Å². The molecule has 1 aliphatic heterocycles. The van der Waals surface area contributed by atoms with Crippen LogP contribution >= 0.6 is 0 Å². The predicted octanol–water partition coefficient (Wildman–Crippen LogP) is 1.09. The first-order valence-electron chi connectivity index (χ1n) is 9.10. The summed E-state index contributed by atoms with van der Waals surface area (Å²) < 4.78 is 27.4. The molecule has 2 aromatic rings. The normalized spacial score (nSPS) is 22.9. The minimum Gasteiger partial charge on any atom is -0.353 e. The number of pyridine rings is 1. The molecule has 0 bridgehead atoms. The molecule has 1 fully saturated rings. The number of H-pyrrole nitrogens is 1. The molecule has 152 valence electrons. The molecule has 0 aliphatic carbocycles. The molecule has 10 heteroatoms. The molecule has 0 spiro atoms. The van der Waals surface area contributed by atoms with Crippen molar-refractivity contribution < 1.29 is 18.3 Å². The lowest BCUT2D eigenvalue weighted by atomic mass is 9.91. The smallest absolute Gasteiger partial charge is 0.341 e. The number of nitrogens with one attached hydrogen (secondary N) is 3. The summed E-state index contributed by atoms with van der Waals surface area (Å²) in [7, 11) is 0. The Morgan fingerprint density at radius 1 is 1.38 bits per heavy atom. The molecular formula is C19H20F2N5O3+. The van der Waals surface area contributed by atoms with E-state index in [1.54, 1.807) is 13.8 Å². The molecule has 29 heavy (non-hydrogen) atoms. The molecular weight excluding hydrogens is 384 g/mol. The second-order valence-corrected chi connectivity index (χ2v) is 7.21. The molecule has 3 N–H and O–H groups in total. The molecule has 8 nitrogen and oxygen atoms in total. The summed E-state index contributed by atoms with van der Waals surface area (Å²) in [5.41, 5.74) is -0.323. The minimum atomic E-state index is -1.08. The number of nitrogens with zero attached hydrogens (tertiary/aromatic N) is 2. The Hall–Kier alpha value is -3.19. The number of rotatable bonds is 4. The summed E-state index contributed by atoms with van der Waals surface area (Å²) in [6.45, 7) is 3.80. The summed E-state index contributed by atoms with van der Waals surface area (Å²) >= 11 is 0. The average molecular weight is 404 g/mol. The van der Waals surface area contributed by atoms with Crippen molar-refractivity contribution in [2.45, 2.75) is 38.5 Å². The van der Waals surface area contributed by atoms with Crippen LogP contribution in [0.4, 0.5) is 8.78 Å². The van der Waals surface area contributed by atoms with Crippen molar-refractivity contribution in [1.82, 2.24) is 15.6 Å². The molecule has 2 heterocycles. The van der Waals surface area contributed by atoms with E-state index in [-0.39, 0.29) is 28.8 Å². The van der Waals surface area contributed by atoms with E-state index in [2.05, 4.69) is 15.6 Å². The van der Waals surface area contributed by atoms with Crippen molar-refractivity contribution in [3.05, 3.63) is 50.7 Å². The van der Waals surface area contributed by atoms with Gasteiger partial charge >= 0.3 is 6.17 Å². The fourth-order valence-corrected chi connectivity index (χ4v) is 3.59. The van der Waals surface area contributed by atoms with Gasteiger partial charge in [-0.3, -0.25) is 9.59 Å². The summed E-state index contributed by atoms with van der Waals surface area (Å²) in [6.07, 6.45) is -1.18. The molecule has 1 aromatic carbocycles. The quantitative estimate of drug-likeness (QED) is 0.660. The van der Waals surface area contributed by atoms with E-state index in [1.165, 1.54) is 6.07 Å². The van der Waals surface area contributed by atoms with E-state index in [0.29, 0.717) is 11.3 Å². The highest BCUT2D eigenvalue weighted by Crippen LogP contribution is 2.18. The number of carbonyl (C=O) groups excluding carboxylic acids is 1. The third kappa shape index (κ3) is 4.14. The second kappa shape index (κ2) is 8.05. The number of halogens is 2. The molecule has 1 aliphatic rings. The first-order chi connectivity index (χ1) is 13.7. The highest BCUT2D eigenvalue weighted by Gasteiger charge is 2.44. The van der Waals surface area contributed by atoms with Gasteiger partial charge in [-0.05, 0) is 19.1 Å². The largest absolute Gasteiger partial charge is 0.353 e. The van der Waals surface area contributed by atoms with Gasteiger partial charge in [0.2, 0.25) is 11.9 Å². The summed E-state index contributed by atoms with van der Waals surface area (Å²) in [5.74, 6) is -2.82. The fourth-order valence-electron chi connectivity index (χ4n) is 3.59. The Balaban J connectivity index is 1.71. The van der Waals surface area contributed by atoms with Gasteiger partial charge in [0.05, 0.1) is 17.9 Å². The number of nitriles is 1. The Kier molecular flexibility index (Phi) is 5.70. The van der Waals surface area contributed by atoms with Crippen LogP contribution in [-0.2, 0) is 11.2 Å². The maximum absolute atomic E-state index is 13.4. The van der Waals surface area contributed by atoms with Gasteiger partial charge in [-0.2, -0.15) is 5.26 Å². The standard InChI is InChI=1S/C19H19F2N5O3/c1-9(13-8-23-17(7-22)26(29)10(13)2)24-18(27)5-12-3-11-4-14(20)15(21)6-16(11)25-19(12)28/h3-4,6,9-10,13,17,23H,5,8H2,1-2H3,(H-,24,25,27,28)/p+1/t9-,10?,13?,17?/m1/s1. The van der Waals surface area contributed by atoms with Crippen molar-refractivity contribution in [3.63, 3.8) is 0 Å². The van der Waals surface area contributed by atoms with Gasteiger partial charge in [-0.1, -0.05) is 0 Å². The van der Waals surface area contributed by atoms with Crippen LogP contribution in [-0.4, -0.2) is 40.4 Å². The molecule has 0 saturated carbocycles. The lowest BCUT2D eigenvalue weighted by Crippen LogP contribution is -2.58.